The van der Waals surface area contributed by atoms with Crippen molar-refractivity contribution in [3.05, 3.63) is 29.3 Å². The van der Waals surface area contributed by atoms with Crippen LogP contribution in [0.2, 0.25) is 0 Å². The first kappa shape index (κ1) is 15.3. The number of hydrogen-bond acceptors (Lipinski definition) is 3. The second kappa shape index (κ2) is 7.65. The molecule has 3 nitrogen and oxygen atoms in total. The van der Waals surface area contributed by atoms with Gasteiger partial charge in [0.25, 0.3) is 0 Å². The maximum absolute atomic E-state index is 9.68. The van der Waals surface area contributed by atoms with Gasteiger partial charge in [0.1, 0.15) is 5.75 Å². The number of nitrogens with zero attached hydrogens (tertiary/aromatic N) is 1. The zero-order chi connectivity index (χ0) is 14.4. The average Bonchev–Trinajstić information content (AvgIpc) is 2.47. The van der Waals surface area contributed by atoms with E-state index >= 15 is 0 Å². The summed E-state index contributed by atoms with van der Waals surface area (Å²) in [5.41, 5.74) is 2.70. The van der Waals surface area contributed by atoms with Gasteiger partial charge in [-0.15, -0.1) is 0 Å². The second-order valence-electron chi connectivity index (χ2n) is 5.66. The molecule has 1 aromatic rings. The molecule has 0 heterocycles. The van der Waals surface area contributed by atoms with Gasteiger partial charge in [-0.1, -0.05) is 19.9 Å². The van der Waals surface area contributed by atoms with E-state index in [1.807, 2.05) is 12.1 Å². The van der Waals surface area contributed by atoms with E-state index in [9.17, 15) is 5.11 Å². The molecule has 0 radical (unpaired) electrons. The van der Waals surface area contributed by atoms with Crippen molar-refractivity contribution in [2.24, 2.45) is 0 Å². The van der Waals surface area contributed by atoms with Gasteiger partial charge in [0, 0.05) is 6.04 Å². The van der Waals surface area contributed by atoms with Gasteiger partial charge in [-0.3, -0.25) is 0 Å². The maximum Gasteiger partial charge on any atom is 0.115 e. The third kappa shape index (κ3) is 3.97. The Morgan fingerprint density at radius 1 is 1.30 bits per heavy atom. The van der Waals surface area contributed by atoms with Gasteiger partial charge >= 0.3 is 0 Å². The molecular formula is C17H28N2O. The zero-order valence-corrected chi connectivity index (χ0v) is 12.9. The van der Waals surface area contributed by atoms with E-state index < -0.39 is 0 Å². The Morgan fingerprint density at radius 3 is 2.85 bits per heavy atom. The van der Waals surface area contributed by atoms with E-state index in [1.54, 1.807) is 0 Å². The summed E-state index contributed by atoms with van der Waals surface area (Å²) >= 11 is 0. The van der Waals surface area contributed by atoms with Crippen LogP contribution < -0.4 is 5.32 Å². The van der Waals surface area contributed by atoms with Gasteiger partial charge in [0.2, 0.25) is 0 Å². The first-order valence-electron chi connectivity index (χ1n) is 8.02. The SMILES string of the molecule is CCN(CC)CCCNC1CCCc2ccc(O)cc21. The van der Waals surface area contributed by atoms with Crippen LogP contribution >= 0.6 is 0 Å². The normalized spacial score (nSPS) is 18.2. The number of phenols is 1. The minimum absolute atomic E-state index is 0.389. The third-order valence-electron chi connectivity index (χ3n) is 4.38. The van der Waals surface area contributed by atoms with Crippen molar-refractivity contribution in [1.82, 2.24) is 10.2 Å². The fourth-order valence-electron chi connectivity index (χ4n) is 3.12. The molecule has 0 saturated heterocycles. The average molecular weight is 276 g/mol. The fourth-order valence-corrected chi connectivity index (χ4v) is 3.12. The molecule has 20 heavy (non-hydrogen) atoms. The van der Waals surface area contributed by atoms with E-state index in [0.717, 1.165) is 26.1 Å². The molecule has 1 atom stereocenters. The molecule has 0 aliphatic heterocycles. The van der Waals surface area contributed by atoms with Gasteiger partial charge in [-0.2, -0.15) is 0 Å². The molecule has 0 spiro atoms. The molecule has 1 unspecified atom stereocenters. The molecular weight excluding hydrogens is 248 g/mol. The molecule has 2 rings (SSSR count). The number of phenolic OH excluding ortho intramolecular Hbond substituents is 1. The number of nitrogens with one attached hydrogen (secondary N) is 1. The number of aromatic hydroxyl groups is 1. The van der Waals surface area contributed by atoms with Crippen molar-refractivity contribution in [3.8, 4) is 5.75 Å². The van der Waals surface area contributed by atoms with Crippen molar-refractivity contribution < 1.29 is 5.11 Å². The predicted molar refractivity (Wildman–Crippen MR) is 84.2 cm³/mol. The topological polar surface area (TPSA) is 35.5 Å². The van der Waals surface area contributed by atoms with Crippen LogP contribution in [-0.2, 0) is 6.42 Å². The summed E-state index contributed by atoms with van der Waals surface area (Å²) in [6.45, 7) is 8.93. The van der Waals surface area contributed by atoms with Gasteiger partial charge in [0.05, 0.1) is 0 Å². The summed E-state index contributed by atoms with van der Waals surface area (Å²) in [5, 5.41) is 13.4. The lowest BCUT2D eigenvalue weighted by Crippen LogP contribution is -2.30. The summed E-state index contributed by atoms with van der Waals surface area (Å²) in [5.74, 6) is 0.389. The van der Waals surface area contributed by atoms with Crippen LogP contribution in [0.5, 0.6) is 5.75 Å². The highest BCUT2D eigenvalue weighted by molar-refractivity contribution is 5.38. The molecule has 1 aliphatic carbocycles. The Balaban J connectivity index is 1.84. The second-order valence-corrected chi connectivity index (χ2v) is 5.66. The first-order chi connectivity index (χ1) is 9.74. The smallest absolute Gasteiger partial charge is 0.115 e. The number of hydrogen-bond donors (Lipinski definition) is 2. The largest absolute Gasteiger partial charge is 0.508 e. The van der Waals surface area contributed by atoms with Crippen LogP contribution in [0.15, 0.2) is 18.2 Å². The van der Waals surface area contributed by atoms with Crippen LogP contribution in [-0.4, -0.2) is 36.2 Å². The lowest BCUT2D eigenvalue weighted by Gasteiger charge is -2.27. The van der Waals surface area contributed by atoms with Crippen LogP contribution in [0.4, 0.5) is 0 Å². The number of benzene rings is 1. The summed E-state index contributed by atoms with van der Waals surface area (Å²) < 4.78 is 0. The predicted octanol–water partition coefficient (Wildman–Crippen LogP) is 3.09. The molecule has 0 bridgehead atoms. The van der Waals surface area contributed by atoms with Gasteiger partial charge in [-0.05, 0) is 75.1 Å². The molecule has 1 aliphatic rings. The molecule has 1 aromatic carbocycles. The van der Waals surface area contributed by atoms with Crippen molar-refractivity contribution in [1.29, 1.82) is 0 Å². The van der Waals surface area contributed by atoms with E-state index in [0.29, 0.717) is 11.8 Å². The molecule has 2 N–H and O–H groups in total. The zero-order valence-electron chi connectivity index (χ0n) is 12.9. The monoisotopic (exact) mass is 276 g/mol. The minimum atomic E-state index is 0.389. The number of fused-ring (bicyclic) bond motifs is 1. The Morgan fingerprint density at radius 2 is 2.10 bits per heavy atom. The fraction of sp³-hybridized carbons (Fsp3) is 0.647. The van der Waals surface area contributed by atoms with Crippen molar-refractivity contribution in [3.63, 3.8) is 0 Å². The van der Waals surface area contributed by atoms with E-state index in [1.165, 1.54) is 36.9 Å². The van der Waals surface area contributed by atoms with Crippen LogP contribution in [0.3, 0.4) is 0 Å². The van der Waals surface area contributed by atoms with E-state index in [2.05, 4.69) is 30.1 Å². The highest BCUT2D eigenvalue weighted by Gasteiger charge is 2.19. The minimum Gasteiger partial charge on any atom is -0.508 e. The Labute approximate surface area is 123 Å². The van der Waals surface area contributed by atoms with Crippen LogP contribution in [0.25, 0.3) is 0 Å². The van der Waals surface area contributed by atoms with Crippen molar-refractivity contribution >= 4 is 0 Å². The lowest BCUT2D eigenvalue weighted by molar-refractivity contribution is 0.294. The standard InChI is InChI=1S/C17H28N2O/c1-3-19(4-2)12-6-11-18-17-8-5-7-14-9-10-15(20)13-16(14)17/h9-10,13,17-18,20H,3-8,11-12H2,1-2H3. The first-order valence-corrected chi connectivity index (χ1v) is 8.02. The van der Waals surface area contributed by atoms with Crippen molar-refractivity contribution in [2.45, 2.75) is 45.6 Å². The van der Waals surface area contributed by atoms with Gasteiger partial charge in [0.15, 0.2) is 0 Å². The molecule has 0 amide bonds. The summed E-state index contributed by atoms with van der Waals surface area (Å²) in [6, 6.07) is 6.24. The summed E-state index contributed by atoms with van der Waals surface area (Å²) in [4.78, 5) is 2.46. The highest BCUT2D eigenvalue weighted by Crippen LogP contribution is 2.31. The Kier molecular flexibility index (Phi) is 5.86. The molecule has 3 heteroatoms. The van der Waals surface area contributed by atoms with Crippen LogP contribution in [0.1, 0.15) is 50.3 Å². The number of aryl methyl sites for hydroxylation is 1. The third-order valence-corrected chi connectivity index (χ3v) is 4.38. The van der Waals surface area contributed by atoms with Gasteiger partial charge < -0.3 is 15.3 Å². The molecule has 0 fully saturated rings. The Hall–Kier alpha value is -1.06. The van der Waals surface area contributed by atoms with Gasteiger partial charge in [-0.25, -0.2) is 0 Å². The lowest BCUT2D eigenvalue weighted by atomic mass is 9.87. The quantitative estimate of drug-likeness (QED) is 0.751. The van der Waals surface area contributed by atoms with Crippen molar-refractivity contribution in [2.75, 3.05) is 26.2 Å². The van der Waals surface area contributed by atoms with E-state index in [-0.39, 0.29) is 0 Å². The number of rotatable bonds is 7. The molecule has 0 aromatic heterocycles. The highest BCUT2D eigenvalue weighted by atomic mass is 16.3. The summed E-state index contributed by atoms with van der Waals surface area (Å²) in [7, 11) is 0. The van der Waals surface area contributed by atoms with Crippen LogP contribution in [0, 0.1) is 0 Å². The van der Waals surface area contributed by atoms with E-state index in [4.69, 9.17) is 0 Å². The maximum atomic E-state index is 9.68. The summed E-state index contributed by atoms with van der Waals surface area (Å²) in [6.07, 6.45) is 4.76. The Bertz CT molecular complexity index is 415. The molecule has 0 saturated carbocycles. The molecule has 112 valence electrons.